The van der Waals surface area contributed by atoms with Crippen LogP contribution in [0.1, 0.15) is 1.37 Å². The zero-order valence-electron chi connectivity index (χ0n) is 5.06. The summed E-state index contributed by atoms with van der Waals surface area (Å²) < 4.78 is 19.0. The van der Waals surface area contributed by atoms with Crippen molar-refractivity contribution in [1.82, 2.24) is 4.98 Å². The van der Waals surface area contributed by atoms with Crippen molar-refractivity contribution < 1.29 is 5.76 Å². The molecule has 8 heavy (non-hydrogen) atoms. The maximum Gasteiger partial charge on any atom is 0.214 e. The van der Waals surface area contributed by atoms with Gasteiger partial charge in [0.2, 0.25) is 5.95 Å². The van der Waals surface area contributed by atoms with Crippen molar-refractivity contribution in [2.45, 2.75) is 0 Å². The summed E-state index contributed by atoms with van der Waals surface area (Å²) in [6, 6.07) is 2.32. The van der Waals surface area contributed by atoms with Crippen LogP contribution >= 0.6 is 0 Å². The van der Waals surface area contributed by atoms with Gasteiger partial charge in [0.1, 0.15) is 5.82 Å². The average Bonchev–Trinajstić information content (AvgIpc) is 1.59. The molecule has 2 N–H and O–H groups in total. The van der Waals surface area contributed by atoms with Crippen molar-refractivity contribution in [1.29, 1.82) is 0 Å². The SMILES string of the molecule is [2H]c1cc(N)nc(F)c1. The fourth-order valence-corrected chi connectivity index (χ4v) is 0.384. The summed E-state index contributed by atoms with van der Waals surface area (Å²) in [5.74, 6) is -0.667. The Morgan fingerprint density at radius 1 is 1.75 bits per heavy atom. The van der Waals surface area contributed by atoms with Gasteiger partial charge in [0.05, 0.1) is 1.37 Å². The minimum atomic E-state index is -0.708. The third-order valence-electron chi connectivity index (χ3n) is 0.670. The molecular weight excluding hydrogens is 107 g/mol. The van der Waals surface area contributed by atoms with E-state index < -0.39 is 5.95 Å². The molecule has 0 atom stereocenters. The fraction of sp³-hybridized carbons (Fsp3) is 0. The molecule has 0 amide bonds. The van der Waals surface area contributed by atoms with Crippen LogP contribution in [-0.4, -0.2) is 4.98 Å². The Labute approximate surface area is 47.6 Å². The van der Waals surface area contributed by atoms with E-state index in [9.17, 15) is 4.39 Å². The first-order valence-corrected chi connectivity index (χ1v) is 2.08. The van der Waals surface area contributed by atoms with E-state index in [1.165, 1.54) is 6.07 Å². The van der Waals surface area contributed by atoms with E-state index in [2.05, 4.69) is 4.98 Å². The van der Waals surface area contributed by atoms with E-state index in [4.69, 9.17) is 7.10 Å². The normalized spacial score (nSPS) is 10.9. The summed E-state index contributed by atoms with van der Waals surface area (Å²) in [6.45, 7) is 0. The van der Waals surface area contributed by atoms with Crippen molar-refractivity contribution in [2.75, 3.05) is 5.73 Å². The standard InChI is InChI=1S/C5H5FN2/c6-4-2-1-3-5(7)8-4/h1-3H,(H2,7,8)/i1D. The van der Waals surface area contributed by atoms with Gasteiger partial charge in [0.25, 0.3) is 0 Å². The number of halogens is 1. The van der Waals surface area contributed by atoms with Crippen LogP contribution in [0.5, 0.6) is 0 Å². The Morgan fingerprint density at radius 2 is 2.50 bits per heavy atom. The van der Waals surface area contributed by atoms with Gasteiger partial charge in [0, 0.05) is 0 Å². The van der Waals surface area contributed by atoms with Crippen LogP contribution in [0.3, 0.4) is 0 Å². The van der Waals surface area contributed by atoms with Crippen molar-refractivity contribution in [3.63, 3.8) is 0 Å². The van der Waals surface area contributed by atoms with E-state index in [0.717, 1.165) is 6.07 Å². The van der Waals surface area contributed by atoms with Crippen LogP contribution in [0.2, 0.25) is 0 Å². The maximum absolute atomic E-state index is 12.1. The number of rotatable bonds is 0. The van der Waals surface area contributed by atoms with Crippen molar-refractivity contribution in [2.24, 2.45) is 0 Å². The van der Waals surface area contributed by atoms with Crippen LogP contribution in [0.25, 0.3) is 0 Å². The molecule has 0 saturated carbocycles. The van der Waals surface area contributed by atoms with Gasteiger partial charge in [-0.05, 0) is 12.1 Å². The first-order valence-electron chi connectivity index (χ1n) is 2.58. The van der Waals surface area contributed by atoms with E-state index in [1.54, 1.807) is 0 Å². The Kier molecular flexibility index (Phi) is 0.850. The molecule has 1 aromatic rings. The maximum atomic E-state index is 12.1. The summed E-state index contributed by atoms with van der Waals surface area (Å²) in [5.41, 5.74) is 5.09. The summed E-state index contributed by atoms with van der Waals surface area (Å²) in [7, 11) is 0. The Bertz CT molecular complexity index is 176. The smallest absolute Gasteiger partial charge is 0.214 e. The lowest BCUT2D eigenvalue weighted by molar-refractivity contribution is 0.586. The Hall–Kier alpha value is -1.12. The topological polar surface area (TPSA) is 38.9 Å². The molecule has 0 aliphatic rings. The van der Waals surface area contributed by atoms with Crippen LogP contribution in [0, 0.1) is 5.95 Å². The highest BCUT2D eigenvalue weighted by Crippen LogP contribution is 1.96. The van der Waals surface area contributed by atoms with Gasteiger partial charge < -0.3 is 5.73 Å². The Balaban J connectivity index is 3.17. The highest BCUT2D eigenvalue weighted by molar-refractivity contribution is 5.25. The second kappa shape index (κ2) is 1.78. The van der Waals surface area contributed by atoms with Gasteiger partial charge in [-0.2, -0.15) is 4.39 Å². The minimum absolute atomic E-state index is 0.0417. The van der Waals surface area contributed by atoms with Crippen molar-refractivity contribution in [3.05, 3.63) is 24.1 Å². The van der Waals surface area contributed by atoms with Crippen LogP contribution in [0.15, 0.2) is 18.2 Å². The molecule has 0 aromatic carbocycles. The molecular formula is C5H5FN2. The monoisotopic (exact) mass is 113 g/mol. The molecule has 42 valence electrons. The molecule has 0 aliphatic heterocycles. The predicted octanol–water partition coefficient (Wildman–Crippen LogP) is 0.803. The predicted molar refractivity (Wildman–Crippen MR) is 28.6 cm³/mol. The summed E-state index contributed by atoms with van der Waals surface area (Å²) in [5, 5.41) is 0. The van der Waals surface area contributed by atoms with E-state index >= 15 is 0 Å². The number of nitrogens with two attached hydrogens (primary N) is 1. The van der Waals surface area contributed by atoms with Crippen molar-refractivity contribution >= 4 is 5.82 Å². The third-order valence-corrected chi connectivity index (χ3v) is 0.670. The lowest BCUT2D eigenvalue weighted by atomic mass is 10.5. The second-order valence-corrected chi connectivity index (χ2v) is 1.31. The molecule has 1 heterocycles. The molecule has 3 heteroatoms. The molecule has 0 radical (unpaired) electrons. The van der Waals surface area contributed by atoms with Gasteiger partial charge >= 0.3 is 0 Å². The number of nitrogen functional groups attached to an aromatic ring is 1. The van der Waals surface area contributed by atoms with Gasteiger partial charge in [-0.25, -0.2) is 4.98 Å². The number of hydrogen-bond donors (Lipinski definition) is 1. The first-order chi connectivity index (χ1) is 4.18. The number of aromatic nitrogens is 1. The molecule has 0 bridgehead atoms. The molecule has 2 nitrogen and oxygen atoms in total. The lowest BCUT2D eigenvalue weighted by Crippen LogP contribution is -1.90. The molecule has 0 unspecified atom stereocenters. The fourth-order valence-electron chi connectivity index (χ4n) is 0.384. The highest BCUT2D eigenvalue weighted by Gasteiger charge is 1.86. The van der Waals surface area contributed by atoms with Crippen molar-refractivity contribution in [3.8, 4) is 0 Å². The third kappa shape index (κ3) is 0.932. The van der Waals surface area contributed by atoms with E-state index in [0.29, 0.717) is 0 Å². The summed E-state index contributed by atoms with van der Waals surface area (Å²) >= 11 is 0. The number of anilines is 1. The van der Waals surface area contributed by atoms with E-state index in [-0.39, 0.29) is 11.9 Å². The van der Waals surface area contributed by atoms with E-state index in [1.807, 2.05) is 0 Å². The van der Waals surface area contributed by atoms with Gasteiger partial charge in [-0.3, -0.25) is 0 Å². The van der Waals surface area contributed by atoms with Gasteiger partial charge in [-0.15, -0.1) is 0 Å². The number of pyridine rings is 1. The first kappa shape index (κ1) is 3.83. The average molecular weight is 113 g/mol. The quantitative estimate of drug-likeness (QED) is 0.505. The molecule has 0 aliphatic carbocycles. The van der Waals surface area contributed by atoms with Gasteiger partial charge in [-0.1, -0.05) is 6.04 Å². The minimum Gasteiger partial charge on any atom is -0.384 e. The molecule has 0 saturated heterocycles. The highest BCUT2D eigenvalue weighted by atomic mass is 19.1. The molecule has 1 rings (SSSR count). The molecule has 0 spiro atoms. The Morgan fingerprint density at radius 3 is 3.00 bits per heavy atom. The second-order valence-electron chi connectivity index (χ2n) is 1.31. The zero-order chi connectivity index (χ0) is 6.85. The lowest BCUT2D eigenvalue weighted by Gasteiger charge is -1.87. The van der Waals surface area contributed by atoms with Crippen LogP contribution in [0.4, 0.5) is 10.2 Å². The molecule has 1 aromatic heterocycles. The summed E-state index contributed by atoms with van der Waals surface area (Å²) in [4.78, 5) is 3.23. The zero-order valence-corrected chi connectivity index (χ0v) is 4.06. The van der Waals surface area contributed by atoms with Crippen LogP contribution < -0.4 is 5.73 Å². The van der Waals surface area contributed by atoms with Crippen LogP contribution in [-0.2, 0) is 0 Å². The number of nitrogens with zero attached hydrogens (tertiary/aromatic N) is 1. The molecule has 0 fully saturated rings. The summed E-state index contributed by atoms with van der Waals surface area (Å²) in [6.07, 6.45) is 0. The number of hydrogen-bond acceptors (Lipinski definition) is 2. The largest absolute Gasteiger partial charge is 0.384 e. The van der Waals surface area contributed by atoms with Gasteiger partial charge in [0.15, 0.2) is 0 Å².